The van der Waals surface area contributed by atoms with Crippen LogP contribution in [0, 0.1) is 6.92 Å². The summed E-state index contributed by atoms with van der Waals surface area (Å²) in [5, 5.41) is 7.74. The van der Waals surface area contributed by atoms with Gasteiger partial charge in [0.15, 0.2) is 5.13 Å². The number of rotatable bonds is 4. The van der Waals surface area contributed by atoms with Gasteiger partial charge >= 0.3 is 0 Å². The summed E-state index contributed by atoms with van der Waals surface area (Å²) in [6.45, 7) is 6.12. The molecule has 7 nitrogen and oxygen atoms in total. The molecule has 5 rings (SSSR count). The molecule has 0 bridgehead atoms. The number of aryl methyl sites for hydroxylation is 1. The number of hydrogen-bond donors (Lipinski definition) is 3. The van der Waals surface area contributed by atoms with Crippen LogP contribution in [0.5, 0.6) is 0 Å². The van der Waals surface area contributed by atoms with Gasteiger partial charge in [-0.1, -0.05) is 18.2 Å². The zero-order valence-electron chi connectivity index (χ0n) is 16.7. The van der Waals surface area contributed by atoms with Crippen molar-refractivity contribution >= 4 is 39.1 Å². The molecule has 1 aliphatic rings. The number of piperazine rings is 1. The standard InChI is InChI=1S/C22H22N6OS/c1-14-13-30-22(24-14)27-21(29)16-6-4-7-17-19(16)26-20(25-17)15-5-2-3-8-18(15)28-11-9-23-10-12-28/h2-8,13,23H,9-12H2,1H3,(H,25,26)(H,24,27,29)/p+1. The number of amides is 1. The maximum Gasteiger partial charge on any atom is 0.259 e. The number of para-hydroxylation sites is 2. The first-order chi connectivity index (χ1) is 14.7. The molecule has 1 amide bonds. The lowest BCUT2D eigenvalue weighted by Crippen LogP contribution is -2.89. The third-order valence-electron chi connectivity index (χ3n) is 5.30. The van der Waals surface area contributed by atoms with Crippen molar-refractivity contribution in [2.45, 2.75) is 6.92 Å². The van der Waals surface area contributed by atoms with Crippen LogP contribution in [-0.2, 0) is 0 Å². The van der Waals surface area contributed by atoms with E-state index in [2.05, 4.69) is 43.7 Å². The summed E-state index contributed by atoms with van der Waals surface area (Å²) >= 11 is 1.42. The molecule has 1 saturated heterocycles. The third-order valence-corrected chi connectivity index (χ3v) is 6.18. The normalized spacial score (nSPS) is 14.2. The number of nitrogens with zero attached hydrogens (tertiary/aromatic N) is 3. The second-order valence-corrected chi connectivity index (χ2v) is 8.26. The van der Waals surface area contributed by atoms with Crippen LogP contribution in [0.15, 0.2) is 47.8 Å². The first kappa shape index (κ1) is 18.8. The van der Waals surface area contributed by atoms with E-state index in [1.807, 2.05) is 30.5 Å². The number of imidazole rings is 1. The van der Waals surface area contributed by atoms with Gasteiger partial charge in [-0.05, 0) is 31.2 Å². The first-order valence-corrected chi connectivity index (χ1v) is 11.0. The summed E-state index contributed by atoms with van der Waals surface area (Å²) in [4.78, 5) is 27.9. The van der Waals surface area contributed by atoms with E-state index in [1.165, 1.54) is 17.0 Å². The number of thiazole rings is 1. The van der Waals surface area contributed by atoms with Crippen molar-refractivity contribution in [3.8, 4) is 11.4 Å². The van der Waals surface area contributed by atoms with Gasteiger partial charge in [0.2, 0.25) is 0 Å². The molecule has 1 aliphatic heterocycles. The lowest BCUT2D eigenvalue weighted by atomic mass is 10.1. The monoisotopic (exact) mass is 419 g/mol. The summed E-state index contributed by atoms with van der Waals surface area (Å²) in [5.41, 5.74) is 5.16. The highest BCUT2D eigenvalue weighted by molar-refractivity contribution is 7.13. The fourth-order valence-corrected chi connectivity index (χ4v) is 4.54. The van der Waals surface area contributed by atoms with Crippen LogP contribution in [0.25, 0.3) is 22.4 Å². The number of H-pyrrole nitrogens is 1. The lowest BCUT2D eigenvalue weighted by Gasteiger charge is -2.28. The number of quaternary nitrogens is 1. The number of hydrogen-bond acceptors (Lipinski definition) is 5. The van der Waals surface area contributed by atoms with Gasteiger partial charge in [-0.3, -0.25) is 10.1 Å². The van der Waals surface area contributed by atoms with Crippen molar-refractivity contribution in [1.29, 1.82) is 0 Å². The molecule has 0 aliphatic carbocycles. The molecular formula is C22H23N6OS+. The highest BCUT2D eigenvalue weighted by atomic mass is 32.1. The second kappa shape index (κ2) is 7.89. The largest absolute Gasteiger partial charge is 0.360 e. The van der Waals surface area contributed by atoms with Crippen LogP contribution >= 0.6 is 11.3 Å². The van der Waals surface area contributed by atoms with E-state index in [0.29, 0.717) is 16.2 Å². The van der Waals surface area contributed by atoms with Gasteiger partial charge in [-0.15, -0.1) is 11.3 Å². The number of fused-ring (bicyclic) bond motifs is 1. The number of aromatic nitrogens is 3. The van der Waals surface area contributed by atoms with Crippen LogP contribution in [-0.4, -0.2) is 47.0 Å². The summed E-state index contributed by atoms with van der Waals surface area (Å²) in [6.07, 6.45) is 0. The van der Waals surface area contributed by atoms with E-state index in [4.69, 9.17) is 4.98 Å². The first-order valence-electron chi connectivity index (χ1n) is 10.1. The van der Waals surface area contributed by atoms with E-state index < -0.39 is 0 Å². The smallest absolute Gasteiger partial charge is 0.259 e. The molecule has 3 heterocycles. The van der Waals surface area contributed by atoms with E-state index in [9.17, 15) is 4.79 Å². The minimum Gasteiger partial charge on any atom is -0.360 e. The van der Waals surface area contributed by atoms with Crippen molar-refractivity contribution < 1.29 is 10.1 Å². The number of anilines is 2. The van der Waals surface area contributed by atoms with Crippen molar-refractivity contribution in [1.82, 2.24) is 15.0 Å². The van der Waals surface area contributed by atoms with Gasteiger partial charge in [0.25, 0.3) is 5.91 Å². The third kappa shape index (κ3) is 3.55. The average molecular weight is 420 g/mol. The predicted molar refractivity (Wildman–Crippen MR) is 120 cm³/mol. The molecule has 0 unspecified atom stereocenters. The molecular weight excluding hydrogens is 396 g/mol. The van der Waals surface area contributed by atoms with Gasteiger partial charge in [0.05, 0.1) is 43.0 Å². The Morgan fingerprint density at radius 2 is 1.97 bits per heavy atom. The van der Waals surface area contributed by atoms with Crippen LogP contribution in [0.4, 0.5) is 10.8 Å². The van der Waals surface area contributed by atoms with E-state index in [1.54, 1.807) is 6.07 Å². The lowest BCUT2D eigenvalue weighted by molar-refractivity contribution is -0.655. The average Bonchev–Trinajstić information content (AvgIpc) is 3.40. The maximum absolute atomic E-state index is 12.9. The van der Waals surface area contributed by atoms with Crippen molar-refractivity contribution in [3.05, 3.63) is 59.1 Å². The van der Waals surface area contributed by atoms with E-state index in [0.717, 1.165) is 48.8 Å². The molecule has 2 aromatic carbocycles. The Kier molecular flexibility index (Phi) is 4.94. The Hall–Kier alpha value is -3.23. The molecule has 2 aromatic heterocycles. The van der Waals surface area contributed by atoms with Crippen molar-refractivity contribution in [3.63, 3.8) is 0 Å². The van der Waals surface area contributed by atoms with Gasteiger partial charge in [-0.2, -0.15) is 0 Å². The minimum atomic E-state index is -0.201. The molecule has 4 N–H and O–H groups in total. The Balaban J connectivity index is 1.52. The predicted octanol–water partition coefficient (Wildman–Crippen LogP) is 2.63. The quantitative estimate of drug-likeness (QED) is 0.474. The summed E-state index contributed by atoms with van der Waals surface area (Å²) in [6, 6.07) is 14.0. The fourth-order valence-electron chi connectivity index (χ4n) is 3.86. The Morgan fingerprint density at radius 1 is 1.13 bits per heavy atom. The molecule has 1 fully saturated rings. The van der Waals surface area contributed by atoms with Crippen molar-refractivity contribution in [2.75, 3.05) is 36.4 Å². The topological polar surface area (TPSA) is 90.5 Å². The number of benzene rings is 2. The number of carbonyl (C=O) groups excluding carboxylic acids is 1. The molecule has 0 radical (unpaired) electrons. The maximum atomic E-state index is 12.9. The van der Waals surface area contributed by atoms with Crippen molar-refractivity contribution in [2.24, 2.45) is 0 Å². The summed E-state index contributed by atoms with van der Waals surface area (Å²) in [5.74, 6) is 0.577. The number of nitrogens with two attached hydrogens (primary N) is 1. The minimum absolute atomic E-state index is 0.201. The van der Waals surface area contributed by atoms with Gasteiger partial charge in [0, 0.05) is 16.6 Å². The van der Waals surface area contributed by atoms with Crippen LogP contribution in [0.1, 0.15) is 16.1 Å². The van der Waals surface area contributed by atoms with Crippen LogP contribution in [0.2, 0.25) is 0 Å². The zero-order valence-corrected chi connectivity index (χ0v) is 17.5. The van der Waals surface area contributed by atoms with E-state index in [-0.39, 0.29) is 5.91 Å². The molecule has 30 heavy (non-hydrogen) atoms. The zero-order chi connectivity index (χ0) is 20.5. The number of carbonyl (C=O) groups is 1. The van der Waals surface area contributed by atoms with Crippen LogP contribution < -0.4 is 15.5 Å². The molecule has 0 atom stereocenters. The number of aromatic amines is 1. The number of nitrogens with one attached hydrogen (secondary N) is 2. The fraction of sp³-hybridized carbons (Fsp3) is 0.227. The highest BCUT2D eigenvalue weighted by Crippen LogP contribution is 2.31. The molecule has 152 valence electrons. The van der Waals surface area contributed by atoms with Gasteiger partial charge < -0.3 is 15.2 Å². The summed E-state index contributed by atoms with van der Waals surface area (Å²) < 4.78 is 0. The molecule has 8 heteroatoms. The Morgan fingerprint density at radius 3 is 2.77 bits per heavy atom. The van der Waals surface area contributed by atoms with Crippen LogP contribution in [0.3, 0.4) is 0 Å². The van der Waals surface area contributed by atoms with Gasteiger partial charge in [0.1, 0.15) is 11.3 Å². The molecule has 4 aromatic rings. The Bertz CT molecular complexity index is 1210. The second-order valence-electron chi connectivity index (χ2n) is 7.41. The molecule has 0 spiro atoms. The SMILES string of the molecule is Cc1csc(NC(=O)c2cccc3[nH]c(-c4ccccc4N4CC[NH2+]CC4)nc23)n1. The molecule has 0 saturated carbocycles. The summed E-state index contributed by atoms with van der Waals surface area (Å²) in [7, 11) is 0. The highest BCUT2D eigenvalue weighted by Gasteiger charge is 2.20. The van der Waals surface area contributed by atoms with E-state index >= 15 is 0 Å². The van der Waals surface area contributed by atoms with Gasteiger partial charge in [-0.25, -0.2) is 9.97 Å². The Labute approximate surface area is 178 Å².